The van der Waals surface area contributed by atoms with Gasteiger partial charge in [-0.3, -0.25) is 9.59 Å². The number of aromatic hydroxyl groups is 1. The summed E-state index contributed by atoms with van der Waals surface area (Å²) in [5, 5.41) is 15.5. The topological polar surface area (TPSA) is 108 Å². The number of alkyl carbamates (subject to hydrolysis) is 1. The molecule has 3 unspecified atom stereocenters. The van der Waals surface area contributed by atoms with E-state index in [1.54, 1.807) is 32.9 Å². The Kier molecular flexibility index (Phi) is 10.5. The van der Waals surface area contributed by atoms with Crippen molar-refractivity contribution in [1.82, 2.24) is 15.5 Å². The number of hydrogen-bond acceptors (Lipinski definition) is 5. The van der Waals surface area contributed by atoms with Crippen molar-refractivity contribution in [3.8, 4) is 5.75 Å². The van der Waals surface area contributed by atoms with Crippen molar-refractivity contribution in [2.45, 2.75) is 91.1 Å². The van der Waals surface area contributed by atoms with E-state index in [9.17, 15) is 19.5 Å². The first-order chi connectivity index (χ1) is 17.3. The highest BCUT2D eigenvalue weighted by molar-refractivity contribution is 5.92. The molecule has 2 aromatic rings. The van der Waals surface area contributed by atoms with E-state index >= 15 is 0 Å². The molecule has 0 aliphatic rings. The van der Waals surface area contributed by atoms with Gasteiger partial charge in [0.2, 0.25) is 11.8 Å². The van der Waals surface area contributed by atoms with Gasteiger partial charge in [0.25, 0.3) is 0 Å². The van der Waals surface area contributed by atoms with Crippen molar-refractivity contribution >= 4 is 17.9 Å². The van der Waals surface area contributed by atoms with Crippen LogP contribution in [0.4, 0.5) is 4.79 Å². The minimum atomic E-state index is -0.974. The van der Waals surface area contributed by atoms with Gasteiger partial charge in [0.15, 0.2) is 0 Å². The van der Waals surface area contributed by atoms with Crippen molar-refractivity contribution in [2.75, 3.05) is 0 Å². The Morgan fingerprint density at radius 2 is 1.54 bits per heavy atom. The first-order valence-electron chi connectivity index (χ1n) is 12.8. The van der Waals surface area contributed by atoms with Gasteiger partial charge >= 0.3 is 6.09 Å². The van der Waals surface area contributed by atoms with Crippen molar-refractivity contribution in [1.29, 1.82) is 0 Å². The number of carbonyl (C=O) groups is 3. The largest absolute Gasteiger partial charge is 0.508 e. The number of amides is 3. The molecule has 8 heteroatoms. The van der Waals surface area contributed by atoms with Crippen LogP contribution in [0.2, 0.25) is 0 Å². The molecule has 0 aromatic heterocycles. The summed E-state index contributed by atoms with van der Waals surface area (Å²) in [5.41, 5.74) is 0.668. The fraction of sp³-hybridized carbons (Fsp3) is 0.483. The van der Waals surface area contributed by atoms with Crippen LogP contribution in [0.1, 0.15) is 72.1 Å². The number of phenols is 1. The zero-order valence-corrected chi connectivity index (χ0v) is 22.9. The molecule has 8 nitrogen and oxygen atoms in total. The first-order valence-corrected chi connectivity index (χ1v) is 12.8. The molecule has 2 rings (SSSR count). The summed E-state index contributed by atoms with van der Waals surface area (Å²) in [5.74, 6) is -0.687. The smallest absolute Gasteiger partial charge is 0.408 e. The summed E-state index contributed by atoms with van der Waals surface area (Å²) in [7, 11) is 0. The fourth-order valence-electron chi connectivity index (χ4n) is 3.93. The maximum atomic E-state index is 14.2. The maximum absolute atomic E-state index is 14.2. The van der Waals surface area contributed by atoms with E-state index in [1.165, 1.54) is 17.0 Å². The standard InChI is InChI=1S/C29H41N3O5/c1-8-20(4)32(25(26(34)30-19(2)3)22-14-16-23(33)17-15-22)27(35)24(18-21-12-10-9-11-13-21)31-28(36)37-29(5,6)7/h9-17,19-20,24-25,33H,8,18H2,1-7H3,(H,30,34)(H,31,36). The van der Waals surface area contributed by atoms with Crippen molar-refractivity contribution in [3.63, 3.8) is 0 Å². The lowest BCUT2D eigenvalue weighted by Gasteiger charge is -2.38. The van der Waals surface area contributed by atoms with Crippen LogP contribution in [0.3, 0.4) is 0 Å². The van der Waals surface area contributed by atoms with Crippen LogP contribution in [0.25, 0.3) is 0 Å². The summed E-state index contributed by atoms with van der Waals surface area (Å²) >= 11 is 0. The number of rotatable bonds is 10. The van der Waals surface area contributed by atoms with Crippen LogP contribution in [0.5, 0.6) is 5.75 Å². The highest BCUT2D eigenvalue weighted by Crippen LogP contribution is 2.28. The van der Waals surface area contributed by atoms with E-state index in [0.717, 1.165) is 5.56 Å². The molecule has 0 saturated heterocycles. The summed E-state index contributed by atoms with van der Waals surface area (Å²) < 4.78 is 5.45. The minimum Gasteiger partial charge on any atom is -0.508 e. The molecule has 202 valence electrons. The van der Waals surface area contributed by atoms with Gasteiger partial charge in [0, 0.05) is 18.5 Å². The van der Waals surface area contributed by atoms with Gasteiger partial charge in [0.05, 0.1) is 0 Å². The summed E-state index contributed by atoms with van der Waals surface area (Å²) in [6.07, 6.45) is 0.0957. The van der Waals surface area contributed by atoms with Gasteiger partial charge in [-0.25, -0.2) is 4.79 Å². The van der Waals surface area contributed by atoms with Crippen molar-refractivity contribution in [2.24, 2.45) is 0 Å². The van der Waals surface area contributed by atoms with Crippen LogP contribution in [0, 0.1) is 0 Å². The average Bonchev–Trinajstić information content (AvgIpc) is 2.81. The van der Waals surface area contributed by atoms with Crippen LogP contribution >= 0.6 is 0 Å². The fourth-order valence-corrected chi connectivity index (χ4v) is 3.93. The Bertz CT molecular complexity index is 1030. The minimum absolute atomic E-state index is 0.0572. The molecule has 2 aromatic carbocycles. The van der Waals surface area contributed by atoms with E-state index in [2.05, 4.69) is 10.6 Å². The molecule has 3 atom stereocenters. The SMILES string of the molecule is CCC(C)N(C(=O)C(Cc1ccccc1)NC(=O)OC(C)(C)C)C(C(=O)NC(C)C)c1ccc(O)cc1. The maximum Gasteiger partial charge on any atom is 0.408 e. The van der Waals surface area contributed by atoms with Gasteiger partial charge in [-0.05, 0) is 71.2 Å². The highest BCUT2D eigenvalue weighted by atomic mass is 16.6. The lowest BCUT2D eigenvalue weighted by Crippen LogP contribution is -2.56. The van der Waals surface area contributed by atoms with E-state index in [1.807, 2.05) is 58.0 Å². The Labute approximate surface area is 220 Å². The van der Waals surface area contributed by atoms with Gasteiger partial charge in [0.1, 0.15) is 23.4 Å². The lowest BCUT2D eigenvalue weighted by atomic mass is 9.97. The molecule has 0 aliphatic carbocycles. The average molecular weight is 512 g/mol. The van der Waals surface area contributed by atoms with Crippen LogP contribution < -0.4 is 10.6 Å². The lowest BCUT2D eigenvalue weighted by molar-refractivity contribution is -0.145. The third-order valence-electron chi connectivity index (χ3n) is 5.76. The molecule has 0 aliphatic heterocycles. The second-order valence-electron chi connectivity index (χ2n) is 10.5. The monoisotopic (exact) mass is 511 g/mol. The highest BCUT2D eigenvalue weighted by Gasteiger charge is 2.38. The van der Waals surface area contributed by atoms with Crippen molar-refractivity contribution in [3.05, 3.63) is 65.7 Å². The second-order valence-corrected chi connectivity index (χ2v) is 10.5. The molecular formula is C29H41N3O5. The van der Waals surface area contributed by atoms with Gasteiger partial charge < -0.3 is 25.4 Å². The zero-order valence-electron chi connectivity index (χ0n) is 22.9. The molecule has 3 amide bonds. The van der Waals surface area contributed by atoms with E-state index in [-0.39, 0.29) is 30.2 Å². The normalized spacial score (nSPS) is 13.8. The van der Waals surface area contributed by atoms with Gasteiger partial charge in [-0.1, -0.05) is 49.4 Å². The van der Waals surface area contributed by atoms with Crippen LogP contribution in [-0.4, -0.2) is 51.6 Å². The number of ether oxygens (including phenoxy) is 1. The molecule has 37 heavy (non-hydrogen) atoms. The van der Waals surface area contributed by atoms with Gasteiger partial charge in [-0.15, -0.1) is 0 Å². The predicted octanol–water partition coefficient (Wildman–Crippen LogP) is 4.72. The molecule has 0 spiro atoms. The molecule has 0 heterocycles. The number of hydrogen-bond donors (Lipinski definition) is 3. The third-order valence-corrected chi connectivity index (χ3v) is 5.76. The van der Waals surface area contributed by atoms with Crippen LogP contribution in [-0.2, 0) is 20.7 Å². The molecular weight excluding hydrogens is 470 g/mol. The molecule has 0 saturated carbocycles. The number of nitrogens with zero attached hydrogens (tertiary/aromatic N) is 1. The number of carbonyl (C=O) groups excluding carboxylic acids is 3. The number of nitrogens with one attached hydrogen (secondary N) is 2. The van der Waals surface area contributed by atoms with E-state index < -0.39 is 29.7 Å². The molecule has 0 bridgehead atoms. The zero-order chi connectivity index (χ0) is 27.8. The summed E-state index contributed by atoms with van der Waals surface area (Å²) in [6.45, 7) is 12.8. The van der Waals surface area contributed by atoms with Crippen LogP contribution in [0.15, 0.2) is 54.6 Å². The Balaban J connectivity index is 2.56. The molecule has 0 radical (unpaired) electrons. The van der Waals surface area contributed by atoms with E-state index in [4.69, 9.17) is 4.74 Å². The molecule has 0 fully saturated rings. The predicted molar refractivity (Wildman–Crippen MR) is 144 cm³/mol. The summed E-state index contributed by atoms with van der Waals surface area (Å²) in [6, 6.07) is 13.2. The van der Waals surface area contributed by atoms with Crippen molar-refractivity contribution < 1.29 is 24.2 Å². The Morgan fingerprint density at radius 1 is 0.946 bits per heavy atom. The quantitative estimate of drug-likeness (QED) is 0.428. The number of benzene rings is 2. The Hall–Kier alpha value is -3.55. The Morgan fingerprint density at radius 3 is 2.05 bits per heavy atom. The van der Waals surface area contributed by atoms with Gasteiger partial charge in [-0.2, -0.15) is 0 Å². The van der Waals surface area contributed by atoms with E-state index in [0.29, 0.717) is 12.0 Å². The summed E-state index contributed by atoms with van der Waals surface area (Å²) in [4.78, 5) is 42.1. The third kappa shape index (κ3) is 9.12. The first kappa shape index (κ1) is 29.7. The molecule has 3 N–H and O–H groups in total. The second kappa shape index (κ2) is 13.1. The number of phenolic OH excluding ortho intramolecular Hbond substituents is 1.